The zero-order valence-corrected chi connectivity index (χ0v) is 14.2. The fraction of sp³-hybridized carbons (Fsp3) is 0.222. The Kier molecular flexibility index (Phi) is 3.59. The topological polar surface area (TPSA) is 64.1 Å². The molecule has 27 heavy (non-hydrogen) atoms. The van der Waals surface area contributed by atoms with Crippen LogP contribution in [0.25, 0.3) is 11.3 Å². The molecule has 0 radical (unpaired) electrons. The lowest BCUT2D eigenvalue weighted by molar-refractivity contribution is 0.560. The van der Waals surface area contributed by atoms with E-state index in [1.807, 2.05) is 11.0 Å². The lowest BCUT2D eigenvalue weighted by Crippen LogP contribution is -2.24. The van der Waals surface area contributed by atoms with Crippen LogP contribution in [0.3, 0.4) is 0 Å². The van der Waals surface area contributed by atoms with Gasteiger partial charge in [0.1, 0.15) is 35.8 Å². The molecule has 0 saturated carbocycles. The number of anilines is 1. The molecule has 136 valence electrons. The van der Waals surface area contributed by atoms with Gasteiger partial charge in [0, 0.05) is 18.3 Å². The lowest BCUT2D eigenvalue weighted by Gasteiger charge is -2.26. The highest BCUT2D eigenvalue weighted by Crippen LogP contribution is 2.36. The molecule has 5 rings (SSSR count). The fourth-order valence-corrected chi connectivity index (χ4v) is 3.64. The van der Waals surface area contributed by atoms with Gasteiger partial charge in [0.2, 0.25) is 0 Å². The number of fused-ring (bicyclic) bond motifs is 1. The summed E-state index contributed by atoms with van der Waals surface area (Å²) in [5, 5.41) is 8.41. The maximum Gasteiger partial charge on any atom is 0.183 e. The predicted octanol–water partition coefficient (Wildman–Crippen LogP) is 2.93. The van der Waals surface area contributed by atoms with E-state index in [0.717, 1.165) is 25.5 Å². The first-order chi connectivity index (χ1) is 13.2. The maximum absolute atomic E-state index is 14.3. The molecule has 1 saturated heterocycles. The Balaban J connectivity index is 1.58. The lowest BCUT2D eigenvalue weighted by atomic mass is 10.0. The van der Waals surface area contributed by atoms with Crippen molar-refractivity contribution < 1.29 is 8.78 Å². The van der Waals surface area contributed by atoms with Crippen LogP contribution >= 0.6 is 0 Å². The maximum atomic E-state index is 14.3. The third-order valence-corrected chi connectivity index (χ3v) is 4.87. The quantitative estimate of drug-likeness (QED) is 0.557. The zero-order valence-electron chi connectivity index (χ0n) is 14.2. The normalized spacial score (nSPS) is 17.1. The van der Waals surface area contributed by atoms with Crippen LogP contribution in [0.2, 0.25) is 0 Å². The summed E-state index contributed by atoms with van der Waals surface area (Å²) < 4.78 is 31.2. The summed E-state index contributed by atoms with van der Waals surface area (Å²) in [5.41, 5.74) is 1.67. The number of rotatable bonds is 3. The molecule has 0 amide bonds. The molecule has 1 unspecified atom stereocenters. The van der Waals surface area contributed by atoms with Crippen molar-refractivity contribution in [2.45, 2.75) is 18.9 Å². The molecular formula is C18H15F2N7. The van der Waals surface area contributed by atoms with Crippen molar-refractivity contribution in [2.75, 3.05) is 11.4 Å². The molecule has 4 aromatic rings. The second-order valence-electron chi connectivity index (χ2n) is 6.44. The van der Waals surface area contributed by atoms with Crippen LogP contribution in [0, 0.1) is 11.6 Å². The van der Waals surface area contributed by atoms with Crippen LogP contribution in [0.4, 0.5) is 14.6 Å². The van der Waals surface area contributed by atoms with E-state index >= 15 is 0 Å². The summed E-state index contributed by atoms with van der Waals surface area (Å²) in [6, 6.07) is 5.17. The molecule has 0 bridgehead atoms. The molecule has 7 nitrogen and oxygen atoms in total. The smallest absolute Gasteiger partial charge is 0.183 e. The van der Waals surface area contributed by atoms with Gasteiger partial charge in [0.05, 0.1) is 12.2 Å². The van der Waals surface area contributed by atoms with E-state index < -0.39 is 11.6 Å². The van der Waals surface area contributed by atoms with Gasteiger partial charge >= 0.3 is 0 Å². The summed E-state index contributed by atoms with van der Waals surface area (Å²) in [7, 11) is 0. The molecule has 4 heterocycles. The van der Waals surface area contributed by atoms with E-state index in [1.165, 1.54) is 18.5 Å². The summed E-state index contributed by atoms with van der Waals surface area (Å²) in [6.07, 6.45) is 8.09. The van der Waals surface area contributed by atoms with E-state index in [2.05, 4.69) is 15.2 Å². The van der Waals surface area contributed by atoms with Crippen LogP contribution in [0.1, 0.15) is 24.4 Å². The van der Waals surface area contributed by atoms with Gasteiger partial charge in [0.15, 0.2) is 5.65 Å². The second kappa shape index (κ2) is 6.11. The molecule has 3 aromatic heterocycles. The van der Waals surface area contributed by atoms with Crippen LogP contribution in [-0.2, 0) is 0 Å². The number of halogens is 2. The average Bonchev–Trinajstić information content (AvgIpc) is 3.42. The number of hydrogen-bond acceptors (Lipinski definition) is 5. The Bertz CT molecular complexity index is 1110. The highest BCUT2D eigenvalue weighted by atomic mass is 19.1. The first-order valence-corrected chi connectivity index (χ1v) is 8.62. The highest BCUT2D eigenvalue weighted by Gasteiger charge is 2.30. The fourth-order valence-electron chi connectivity index (χ4n) is 3.64. The SMILES string of the molecule is Fc1ccc(F)c(C2CCCN2c2ccn3ncc(-n4cncn4)c3n2)c1. The molecule has 0 spiro atoms. The second-order valence-corrected chi connectivity index (χ2v) is 6.44. The van der Waals surface area contributed by atoms with Gasteiger partial charge in [-0.15, -0.1) is 0 Å². The first-order valence-electron chi connectivity index (χ1n) is 8.62. The molecule has 0 N–H and O–H groups in total. The minimum atomic E-state index is -0.439. The Morgan fingerprint density at radius 2 is 2.04 bits per heavy atom. The molecule has 1 aromatic carbocycles. The largest absolute Gasteiger partial charge is 0.349 e. The Hall–Kier alpha value is -3.36. The van der Waals surface area contributed by atoms with Crippen molar-refractivity contribution in [2.24, 2.45) is 0 Å². The van der Waals surface area contributed by atoms with Gasteiger partial charge in [-0.05, 0) is 37.1 Å². The van der Waals surface area contributed by atoms with E-state index in [4.69, 9.17) is 4.98 Å². The van der Waals surface area contributed by atoms with E-state index in [0.29, 0.717) is 22.7 Å². The van der Waals surface area contributed by atoms with E-state index in [1.54, 1.807) is 27.9 Å². The molecule has 0 aliphatic carbocycles. The standard InChI is InChI=1S/C18H15F2N7/c19-12-3-4-14(20)13(8-12)15-2-1-6-25(15)17-5-7-26-18(24-17)16(9-22-26)27-11-21-10-23-27/h3-5,7-11,15H,1-2,6H2. The van der Waals surface area contributed by atoms with Gasteiger partial charge in [0.25, 0.3) is 0 Å². The summed E-state index contributed by atoms with van der Waals surface area (Å²) in [6.45, 7) is 0.719. The van der Waals surface area contributed by atoms with Crippen molar-refractivity contribution in [3.8, 4) is 5.69 Å². The van der Waals surface area contributed by atoms with E-state index in [9.17, 15) is 8.78 Å². The van der Waals surface area contributed by atoms with Gasteiger partial charge < -0.3 is 4.90 Å². The summed E-state index contributed by atoms with van der Waals surface area (Å²) in [5.74, 6) is -0.150. The Labute approximate surface area is 152 Å². The van der Waals surface area contributed by atoms with Crippen molar-refractivity contribution in [3.05, 3.63) is 66.5 Å². The van der Waals surface area contributed by atoms with Crippen LogP contribution in [-0.4, -0.2) is 35.9 Å². The Morgan fingerprint density at radius 3 is 2.89 bits per heavy atom. The van der Waals surface area contributed by atoms with Crippen LogP contribution in [0.5, 0.6) is 0 Å². The minimum absolute atomic E-state index is 0.256. The highest BCUT2D eigenvalue weighted by molar-refractivity contribution is 5.61. The van der Waals surface area contributed by atoms with Gasteiger partial charge in [-0.1, -0.05) is 0 Å². The first kappa shape index (κ1) is 15.9. The minimum Gasteiger partial charge on any atom is -0.349 e. The van der Waals surface area contributed by atoms with Crippen molar-refractivity contribution >= 4 is 11.5 Å². The molecule has 1 aliphatic rings. The van der Waals surface area contributed by atoms with Gasteiger partial charge in [-0.25, -0.2) is 27.9 Å². The van der Waals surface area contributed by atoms with Crippen molar-refractivity contribution in [1.82, 2.24) is 29.4 Å². The summed E-state index contributed by atoms with van der Waals surface area (Å²) in [4.78, 5) is 10.7. The predicted molar refractivity (Wildman–Crippen MR) is 93.6 cm³/mol. The number of aromatic nitrogens is 6. The van der Waals surface area contributed by atoms with E-state index in [-0.39, 0.29) is 6.04 Å². The molecule has 1 fully saturated rings. The third-order valence-electron chi connectivity index (χ3n) is 4.87. The number of nitrogens with zero attached hydrogens (tertiary/aromatic N) is 7. The van der Waals surface area contributed by atoms with Gasteiger partial charge in [-0.2, -0.15) is 10.2 Å². The average molecular weight is 367 g/mol. The molecular weight excluding hydrogens is 352 g/mol. The molecule has 9 heteroatoms. The zero-order chi connectivity index (χ0) is 18.4. The van der Waals surface area contributed by atoms with Gasteiger partial charge in [-0.3, -0.25) is 0 Å². The van der Waals surface area contributed by atoms with Crippen LogP contribution in [0.15, 0.2) is 49.3 Å². The molecule has 1 atom stereocenters. The monoisotopic (exact) mass is 367 g/mol. The van der Waals surface area contributed by atoms with Crippen molar-refractivity contribution in [1.29, 1.82) is 0 Å². The van der Waals surface area contributed by atoms with Crippen LogP contribution < -0.4 is 4.90 Å². The summed E-state index contributed by atoms with van der Waals surface area (Å²) >= 11 is 0. The Morgan fingerprint density at radius 1 is 1.11 bits per heavy atom. The molecule has 1 aliphatic heterocycles. The van der Waals surface area contributed by atoms with Crippen molar-refractivity contribution in [3.63, 3.8) is 0 Å². The number of hydrogen-bond donors (Lipinski definition) is 0. The third kappa shape index (κ3) is 2.62. The number of benzene rings is 1.